The van der Waals surface area contributed by atoms with Crippen LogP contribution in [0.3, 0.4) is 0 Å². The minimum Gasteiger partial charge on any atom is -0.326 e. The first-order valence-electron chi connectivity index (χ1n) is 8.02. The van der Waals surface area contributed by atoms with Gasteiger partial charge in [0.15, 0.2) is 0 Å². The van der Waals surface area contributed by atoms with Crippen molar-refractivity contribution in [3.63, 3.8) is 0 Å². The van der Waals surface area contributed by atoms with Crippen LogP contribution in [0.4, 0.5) is 0 Å². The van der Waals surface area contributed by atoms with Gasteiger partial charge in [-0.3, -0.25) is 9.80 Å². The summed E-state index contributed by atoms with van der Waals surface area (Å²) in [4.78, 5) is 5.06. The Morgan fingerprint density at radius 1 is 1.14 bits per heavy atom. The Labute approximate surface area is 134 Å². The summed E-state index contributed by atoms with van der Waals surface area (Å²) in [5, 5.41) is 0.793. The molecule has 0 aliphatic carbocycles. The Bertz CT molecular complexity index is 441. The summed E-state index contributed by atoms with van der Waals surface area (Å²) in [6.07, 6.45) is 0.974. The number of rotatable bonds is 5. The van der Waals surface area contributed by atoms with E-state index in [2.05, 4.69) is 42.7 Å². The Kier molecular flexibility index (Phi) is 6.06. The molecular formula is C17H28ClN3. The highest BCUT2D eigenvalue weighted by Crippen LogP contribution is 2.28. The molecule has 0 radical (unpaired) electrons. The molecule has 1 fully saturated rings. The number of hydrogen-bond acceptors (Lipinski definition) is 3. The summed E-state index contributed by atoms with van der Waals surface area (Å²) >= 11 is 6.17. The van der Waals surface area contributed by atoms with Gasteiger partial charge in [-0.15, -0.1) is 0 Å². The van der Waals surface area contributed by atoms with E-state index in [-0.39, 0.29) is 12.1 Å². The van der Waals surface area contributed by atoms with Crippen molar-refractivity contribution in [2.24, 2.45) is 5.73 Å². The largest absolute Gasteiger partial charge is 0.326 e. The first kappa shape index (κ1) is 16.8. The fraction of sp³-hybridized carbons (Fsp3) is 0.647. The lowest BCUT2D eigenvalue weighted by Gasteiger charge is -2.42. The Hall–Kier alpha value is -0.610. The van der Waals surface area contributed by atoms with Crippen LogP contribution in [-0.2, 0) is 0 Å². The van der Waals surface area contributed by atoms with Crippen LogP contribution in [0, 0.1) is 0 Å². The molecule has 0 spiro atoms. The van der Waals surface area contributed by atoms with Crippen LogP contribution >= 0.6 is 11.6 Å². The van der Waals surface area contributed by atoms with Crippen molar-refractivity contribution in [3.05, 3.63) is 34.9 Å². The normalized spacial score (nSPS) is 20.7. The number of nitrogens with two attached hydrogens (primary N) is 1. The van der Waals surface area contributed by atoms with E-state index in [0.717, 1.165) is 37.6 Å². The highest BCUT2D eigenvalue weighted by Gasteiger charge is 2.29. The van der Waals surface area contributed by atoms with Crippen LogP contribution in [0.15, 0.2) is 24.3 Å². The van der Waals surface area contributed by atoms with Gasteiger partial charge in [-0.1, -0.05) is 30.7 Å². The van der Waals surface area contributed by atoms with E-state index < -0.39 is 0 Å². The molecule has 0 aromatic heterocycles. The van der Waals surface area contributed by atoms with Crippen molar-refractivity contribution in [2.45, 2.75) is 45.3 Å². The maximum absolute atomic E-state index is 6.43. The topological polar surface area (TPSA) is 32.5 Å². The summed E-state index contributed by atoms with van der Waals surface area (Å²) < 4.78 is 0. The predicted molar refractivity (Wildman–Crippen MR) is 90.7 cm³/mol. The van der Waals surface area contributed by atoms with Gasteiger partial charge < -0.3 is 5.73 Å². The molecule has 4 heteroatoms. The van der Waals surface area contributed by atoms with Gasteiger partial charge >= 0.3 is 0 Å². The van der Waals surface area contributed by atoms with E-state index in [1.165, 1.54) is 5.56 Å². The van der Waals surface area contributed by atoms with Gasteiger partial charge in [-0.05, 0) is 38.0 Å². The third-order valence-corrected chi connectivity index (χ3v) is 4.77. The lowest BCUT2D eigenvalue weighted by molar-refractivity contribution is 0.0679. The lowest BCUT2D eigenvalue weighted by Crippen LogP contribution is -2.52. The van der Waals surface area contributed by atoms with Gasteiger partial charge in [0, 0.05) is 43.3 Å². The maximum atomic E-state index is 6.43. The molecule has 1 heterocycles. The van der Waals surface area contributed by atoms with Crippen molar-refractivity contribution in [1.29, 1.82) is 0 Å². The van der Waals surface area contributed by atoms with Crippen molar-refractivity contribution in [2.75, 3.05) is 26.2 Å². The summed E-state index contributed by atoms with van der Waals surface area (Å²) in [5.41, 5.74) is 7.67. The van der Waals surface area contributed by atoms with Gasteiger partial charge in [0.1, 0.15) is 0 Å². The highest BCUT2D eigenvalue weighted by atomic mass is 35.5. The van der Waals surface area contributed by atoms with Crippen molar-refractivity contribution in [1.82, 2.24) is 9.80 Å². The number of halogens is 1. The third-order valence-electron chi connectivity index (χ3n) is 4.54. The molecule has 0 amide bonds. The molecule has 1 aromatic carbocycles. The smallest absolute Gasteiger partial charge is 0.0500 e. The number of hydrogen-bond donors (Lipinski definition) is 1. The van der Waals surface area contributed by atoms with Crippen LogP contribution in [0.25, 0.3) is 0 Å². The molecule has 2 atom stereocenters. The number of benzene rings is 1. The van der Waals surface area contributed by atoms with Gasteiger partial charge in [-0.2, -0.15) is 0 Å². The van der Waals surface area contributed by atoms with Crippen LogP contribution in [0.1, 0.15) is 38.8 Å². The van der Waals surface area contributed by atoms with E-state index in [1.807, 2.05) is 12.1 Å². The molecule has 1 aliphatic rings. The summed E-state index contributed by atoms with van der Waals surface area (Å²) in [6, 6.07) is 9.21. The first-order valence-corrected chi connectivity index (χ1v) is 8.40. The molecule has 1 aliphatic heterocycles. The zero-order chi connectivity index (χ0) is 15.4. The minimum absolute atomic E-state index is 0.147. The average Bonchev–Trinajstić information content (AvgIpc) is 2.48. The monoisotopic (exact) mass is 309 g/mol. The lowest BCUT2D eigenvalue weighted by atomic mass is 9.95. The standard InChI is InChI=1S/C17H28ClN3/c1-4-16(19)17(14-6-5-7-15(18)12-14)21-10-8-20(9-11-21)13(2)3/h5-7,12-13,16-17H,4,8-11,19H2,1-3H3. The van der Waals surface area contributed by atoms with E-state index in [4.69, 9.17) is 17.3 Å². The van der Waals surface area contributed by atoms with Crippen LogP contribution < -0.4 is 5.73 Å². The van der Waals surface area contributed by atoms with Gasteiger partial charge in [0.05, 0.1) is 6.04 Å². The van der Waals surface area contributed by atoms with E-state index in [1.54, 1.807) is 0 Å². The molecule has 2 N–H and O–H groups in total. The maximum Gasteiger partial charge on any atom is 0.0500 e. The Morgan fingerprint density at radius 2 is 1.76 bits per heavy atom. The second kappa shape index (κ2) is 7.59. The molecule has 2 rings (SSSR count). The van der Waals surface area contributed by atoms with Gasteiger partial charge in [-0.25, -0.2) is 0 Å². The highest BCUT2D eigenvalue weighted by molar-refractivity contribution is 6.30. The molecular weight excluding hydrogens is 282 g/mol. The first-order chi connectivity index (χ1) is 10.0. The second-order valence-corrected chi connectivity index (χ2v) is 6.67. The molecule has 1 aromatic rings. The Balaban J connectivity index is 2.14. The molecule has 0 saturated carbocycles. The number of piperazine rings is 1. The summed E-state index contributed by atoms with van der Waals surface area (Å²) in [5.74, 6) is 0. The molecule has 21 heavy (non-hydrogen) atoms. The minimum atomic E-state index is 0.147. The average molecular weight is 310 g/mol. The Morgan fingerprint density at radius 3 is 2.29 bits per heavy atom. The zero-order valence-corrected chi connectivity index (χ0v) is 14.2. The van der Waals surface area contributed by atoms with Crippen molar-refractivity contribution >= 4 is 11.6 Å². The SMILES string of the molecule is CCC(N)C(c1cccc(Cl)c1)N1CCN(C(C)C)CC1. The zero-order valence-electron chi connectivity index (χ0n) is 13.4. The summed E-state index contributed by atoms with van der Waals surface area (Å²) in [7, 11) is 0. The van der Waals surface area contributed by atoms with Crippen LogP contribution in [-0.4, -0.2) is 48.1 Å². The quantitative estimate of drug-likeness (QED) is 0.907. The summed E-state index contributed by atoms with van der Waals surface area (Å²) in [6.45, 7) is 11.1. The molecule has 3 nitrogen and oxygen atoms in total. The third kappa shape index (κ3) is 4.19. The molecule has 2 unspecified atom stereocenters. The molecule has 0 bridgehead atoms. The van der Waals surface area contributed by atoms with E-state index >= 15 is 0 Å². The fourth-order valence-electron chi connectivity index (χ4n) is 3.17. The second-order valence-electron chi connectivity index (χ2n) is 6.24. The van der Waals surface area contributed by atoms with Gasteiger partial charge in [0.25, 0.3) is 0 Å². The van der Waals surface area contributed by atoms with Crippen LogP contribution in [0.5, 0.6) is 0 Å². The number of nitrogens with zero attached hydrogens (tertiary/aromatic N) is 2. The van der Waals surface area contributed by atoms with Crippen LogP contribution in [0.2, 0.25) is 5.02 Å². The molecule has 1 saturated heterocycles. The van der Waals surface area contributed by atoms with E-state index in [9.17, 15) is 0 Å². The predicted octanol–water partition coefficient (Wildman–Crippen LogP) is 3.14. The molecule has 118 valence electrons. The van der Waals surface area contributed by atoms with Crippen molar-refractivity contribution < 1.29 is 0 Å². The fourth-order valence-corrected chi connectivity index (χ4v) is 3.37. The van der Waals surface area contributed by atoms with Gasteiger partial charge in [0.2, 0.25) is 0 Å². The van der Waals surface area contributed by atoms with E-state index in [0.29, 0.717) is 6.04 Å². The van der Waals surface area contributed by atoms with Crippen molar-refractivity contribution in [3.8, 4) is 0 Å².